The Morgan fingerprint density at radius 1 is 1.18 bits per heavy atom. The van der Waals surface area contributed by atoms with Crippen molar-refractivity contribution in [2.75, 3.05) is 0 Å². The smallest absolute Gasteiger partial charge is 0.325 e. The minimum atomic E-state index is -1.16. The molecule has 2 aromatic rings. The topological polar surface area (TPSA) is 101 Å². The first-order valence-corrected chi connectivity index (χ1v) is 7.94. The predicted octanol–water partition coefficient (Wildman–Crippen LogP) is 1.79. The average Bonchev–Trinajstić information content (AvgIpc) is 3.11. The number of carbonyl (C=O) groups is 4. The van der Waals surface area contributed by atoms with Crippen LogP contribution in [0.3, 0.4) is 0 Å². The number of hydrogen-bond donors (Lipinski definition) is 2. The van der Waals surface area contributed by atoms with E-state index < -0.39 is 17.9 Å². The molecule has 3 rings (SSSR count). The van der Waals surface area contributed by atoms with E-state index in [1.807, 2.05) is 0 Å². The van der Waals surface area contributed by atoms with Crippen molar-refractivity contribution in [3.8, 4) is 0 Å². The standard InChI is InChI=1S/C14H9NO5S2/c1-5(14(19)20)15-13(18)8-4-7-10(17)11-6(2-3-21-11)9(16)12(7)22-8/h2-5H,1H3,(H,15,18)(H,19,20). The number of thiophene rings is 2. The van der Waals surface area contributed by atoms with Crippen LogP contribution in [0.5, 0.6) is 0 Å². The van der Waals surface area contributed by atoms with Crippen LogP contribution in [-0.2, 0) is 4.79 Å². The minimum Gasteiger partial charge on any atom is -0.480 e. The van der Waals surface area contributed by atoms with Crippen LogP contribution < -0.4 is 5.32 Å². The monoisotopic (exact) mass is 335 g/mol. The van der Waals surface area contributed by atoms with E-state index in [2.05, 4.69) is 5.32 Å². The summed E-state index contributed by atoms with van der Waals surface area (Å²) in [7, 11) is 0. The van der Waals surface area contributed by atoms with Crippen LogP contribution >= 0.6 is 22.7 Å². The predicted molar refractivity (Wildman–Crippen MR) is 80.1 cm³/mol. The number of hydrogen-bond acceptors (Lipinski definition) is 6. The number of ketones is 2. The highest BCUT2D eigenvalue weighted by Crippen LogP contribution is 2.35. The Hall–Kier alpha value is -2.32. The van der Waals surface area contributed by atoms with Gasteiger partial charge in [0.2, 0.25) is 11.6 Å². The molecule has 0 aromatic carbocycles. The lowest BCUT2D eigenvalue weighted by Gasteiger charge is -2.08. The number of carbonyl (C=O) groups excluding carboxylic acids is 3. The van der Waals surface area contributed by atoms with E-state index in [1.165, 1.54) is 24.3 Å². The lowest BCUT2D eigenvalue weighted by molar-refractivity contribution is -0.138. The number of carboxylic acids is 1. The molecule has 0 aliphatic heterocycles. The molecule has 1 amide bonds. The van der Waals surface area contributed by atoms with Crippen LogP contribution in [0, 0.1) is 0 Å². The van der Waals surface area contributed by atoms with Crippen LogP contribution in [-0.4, -0.2) is 34.6 Å². The third-order valence-corrected chi connectivity index (χ3v) is 5.29. The fourth-order valence-electron chi connectivity index (χ4n) is 2.08. The molecule has 2 heterocycles. The SMILES string of the molecule is CC(NC(=O)c1cc2c(s1)C(=O)c1ccsc1C2=O)C(=O)O. The molecule has 22 heavy (non-hydrogen) atoms. The lowest BCUT2D eigenvalue weighted by atomic mass is 9.96. The normalized spacial score (nSPS) is 14.2. The molecule has 8 heteroatoms. The van der Waals surface area contributed by atoms with Crippen LogP contribution in [0.25, 0.3) is 0 Å². The van der Waals surface area contributed by atoms with Gasteiger partial charge in [-0.05, 0) is 24.4 Å². The summed E-state index contributed by atoms with van der Waals surface area (Å²) in [6.45, 7) is 1.33. The van der Waals surface area contributed by atoms with Gasteiger partial charge in [-0.3, -0.25) is 19.2 Å². The molecule has 0 fully saturated rings. The van der Waals surface area contributed by atoms with Gasteiger partial charge >= 0.3 is 5.97 Å². The van der Waals surface area contributed by atoms with E-state index in [1.54, 1.807) is 11.4 Å². The minimum absolute atomic E-state index is 0.148. The molecule has 2 aromatic heterocycles. The van der Waals surface area contributed by atoms with Crippen LogP contribution in [0.1, 0.15) is 47.1 Å². The lowest BCUT2D eigenvalue weighted by Crippen LogP contribution is -2.37. The molecule has 0 radical (unpaired) electrons. The second kappa shape index (κ2) is 5.15. The van der Waals surface area contributed by atoms with E-state index >= 15 is 0 Å². The van der Waals surface area contributed by atoms with Crippen molar-refractivity contribution in [2.45, 2.75) is 13.0 Å². The van der Waals surface area contributed by atoms with Crippen molar-refractivity contribution in [2.24, 2.45) is 0 Å². The fraction of sp³-hybridized carbons (Fsp3) is 0.143. The first-order valence-electron chi connectivity index (χ1n) is 6.24. The highest BCUT2D eigenvalue weighted by molar-refractivity contribution is 7.17. The van der Waals surface area contributed by atoms with E-state index in [0.29, 0.717) is 10.4 Å². The van der Waals surface area contributed by atoms with Gasteiger partial charge in [-0.1, -0.05) is 0 Å². The molecular weight excluding hydrogens is 326 g/mol. The molecule has 0 bridgehead atoms. The Morgan fingerprint density at radius 3 is 2.55 bits per heavy atom. The van der Waals surface area contributed by atoms with Gasteiger partial charge in [0.05, 0.1) is 14.6 Å². The maximum atomic E-state index is 12.3. The van der Waals surface area contributed by atoms with Gasteiger partial charge in [-0.15, -0.1) is 22.7 Å². The number of amides is 1. The molecule has 1 aliphatic rings. The van der Waals surface area contributed by atoms with E-state index in [4.69, 9.17) is 5.11 Å². The summed E-state index contributed by atoms with van der Waals surface area (Å²) in [5.41, 5.74) is 0.563. The van der Waals surface area contributed by atoms with E-state index in [9.17, 15) is 19.2 Å². The number of nitrogens with one attached hydrogen (secondary N) is 1. The van der Waals surface area contributed by atoms with E-state index in [0.717, 1.165) is 11.3 Å². The molecule has 1 unspecified atom stereocenters. The molecule has 6 nitrogen and oxygen atoms in total. The third-order valence-electron chi connectivity index (χ3n) is 3.24. The van der Waals surface area contributed by atoms with Crippen LogP contribution in [0.4, 0.5) is 0 Å². The summed E-state index contributed by atoms with van der Waals surface area (Å²) in [5.74, 6) is -2.33. The van der Waals surface area contributed by atoms with Gasteiger partial charge in [-0.2, -0.15) is 0 Å². The Kier molecular flexibility index (Phi) is 3.42. The maximum absolute atomic E-state index is 12.3. The summed E-state index contributed by atoms with van der Waals surface area (Å²) >= 11 is 2.09. The molecule has 1 atom stereocenters. The number of aliphatic carboxylic acids is 1. The average molecular weight is 335 g/mol. The second-order valence-corrected chi connectivity index (χ2v) is 6.68. The Labute approximate surface area is 132 Å². The van der Waals surface area contributed by atoms with Crippen LogP contribution in [0.15, 0.2) is 17.5 Å². The highest BCUT2D eigenvalue weighted by Gasteiger charge is 2.34. The number of carboxylic acid groups (broad SMARTS) is 1. The Bertz CT molecular complexity index is 784. The van der Waals surface area contributed by atoms with Gasteiger partial charge in [0, 0.05) is 11.1 Å². The second-order valence-electron chi connectivity index (χ2n) is 4.71. The Balaban J connectivity index is 1.96. The summed E-state index contributed by atoms with van der Waals surface area (Å²) in [6.07, 6.45) is 0. The zero-order valence-corrected chi connectivity index (χ0v) is 12.8. The van der Waals surface area contributed by atoms with Gasteiger partial charge in [0.15, 0.2) is 0 Å². The molecule has 112 valence electrons. The zero-order chi connectivity index (χ0) is 16.0. The van der Waals surface area contributed by atoms with Crippen molar-refractivity contribution in [3.63, 3.8) is 0 Å². The van der Waals surface area contributed by atoms with Gasteiger partial charge in [-0.25, -0.2) is 0 Å². The van der Waals surface area contributed by atoms with Crippen molar-refractivity contribution in [1.82, 2.24) is 5.32 Å². The fourth-order valence-corrected chi connectivity index (χ4v) is 3.94. The summed E-state index contributed by atoms with van der Waals surface area (Å²) < 4.78 is 0. The summed E-state index contributed by atoms with van der Waals surface area (Å²) in [6, 6.07) is 1.89. The highest BCUT2D eigenvalue weighted by atomic mass is 32.1. The molecule has 0 spiro atoms. The van der Waals surface area contributed by atoms with Gasteiger partial charge in [0.1, 0.15) is 6.04 Å². The van der Waals surface area contributed by atoms with Crippen molar-refractivity contribution < 1.29 is 24.3 Å². The zero-order valence-electron chi connectivity index (χ0n) is 11.2. The molecule has 0 saturated carbocycles. The molecule has 2 N–H and O–H groups in total. The first-order chi connectivity index (χ1) is 10.4. The number of fused-ring (bicyclic) bond motifs is 2. The van der Waals surface area contributed by atoms with Gasteiger partial charge < -0.3 is 10.4 Å². The Morgan fingerprint density at radius 2 is 1.86 bits per heavy atom. The first kappa shape index (κ1) is 14.6. The quantitative estimate of drug-likeness (QED) is 0.760. The van der Waals surface area contributed by atoms with E-state index in [-0.39, 0.29) is 26.9 Å². The molecule has 1 aliphatic carbocycles. The number of rotatable bonds is 3. The summed E-state index contributed by atoms with van der Waals surface area (Å²) in [5, 5.41) is 12.8. The maximum Gasteiger partial charge on any atom is 0.325 e. The van der Waals surface area contributed by atoms with Crippen molar-refractivity contribution in [3.05, 3.63) is 43.3 Å². The van der Waals surface area contributed by atoms with Gasteiger partial charge in [0.25, 0.3) is 5.91 Å². The largest absolute Gasteiger partial charge is 0.480 e. The van der Waals surface area contributed by atoms with Crippen LogP contribution in [0.2, 0.25) is 0 Å². The third kappa shape index (κ3) is 2.16. The summed E-state index contributed by atoms with van der Waals surface area (Å²) in [4.78, 5) is 48.2. The van der Waals surface area contributed by atoms with Crippen molar-refractivity contribution in [1.29, 1.82) is 0 Å². The van der Waals surface area contributed by atoms with Crippen molar-refractivity contribution >= 4 is 46.1 Å². The molecule has 0 saturated heterocycles. The molecular formula is C14H9NO5S2.